The number of hydrogen-bond donors (Lipinski definition) is 2. The summed E-state index contributed by atoms with van der Waals surface area (Å²) in [5.41, 5.74) is 0.827. The number of aromatic amines is 1. The van der Waals surface area contributed by atoms with Gasteiger partial charge in [-0.3, -0.25) is 0 Å². The Morgan fingerprint density at radius 2 is 2.18 bits per heavy atom. The lowest BCUT2D eigenvalue weighted by atomic mass is 10.2. The van der Waals surface area contributed by atoms with Crippen molar-refractivity contribution in [2.75, 3.05) is 0 Å². The van der Waals surface area contributed by atoms with Crippen molar-refractivity contribution in [2.24, 2.45) is 0 Å². The van der Waals surface area contributed by atoms with Crippen molar-refractivity contribution in [1.82, 2.24) is 4.98 Å². The number of aromatic carboxylic acids is 1. The van der Waals surface area contributed by atoms with Gasteiger partial charge in [-0.2, -0.15) is 0 Å². The lowest BCUT2D eigenvalue weighted by molar-refractivity contribution is 0.0691. The highest BCUT2D eigenvalue weighted by Gasteiger charge is 2.25. The lowest BCUT2D eigenvalue weighted by Gasteiger charge is -2.06. The Bertz CT molecular complexity index is 601. The molecule has 0 amide bonds. The molecule has 0 radical (unpaired) electrons. The van der Waals surface area contributed by atoms with Gasteiger partial charge in [0.1, 0.15) is 11.4 Å². The summed E-state index contributed by atoms with van der Waals surface area (Å²) in [6.45, 7) is 0. The number of aromatic nitrogens is 1. The van der Waals surface area contributed by atoms with Gasteiger partial charge in [0.2, 0.25) is 0 Å². The fourth-order valence-corrected chi connectivity index (χ4v) is 1.96. The highest BCUT2D eigenvalue weighted by Crippen LogP contribution is 2.35. The molecule has 1 aromatic carbocycles. The molecule has 1 heterocycles. The average molecular weight is 252 g/mol. The largest absolute Gasteiger partial charge is 0.490 e. The summed E-state index contributed by atoms with van der Waals surface area (Å²) < 4.78 is 5.72. The predicted octanol–water partition coefficient (Wildman–Crippen LogP) is 3.06. The van der Waals surface area contributed by atoms with Crippen LogP contribution >= 0.6 is 11.6 Å². The van der Waals surface area contributed by atoms with E-state index in [1.54, 1.807) is 18.2 Å². The maximum atomic E-state index is 10.9. The number of carboxylic acid groups (broad SMARTS) is 1. The zero-order valence-electron chi connectivity index (χ0n) is 8.87. The van der Waals surface area contributed by atoms with Crippen molar-refractivity contribution in [3.63, 3.8) is 0 Å². The molecule has 5 heteroatoms. The second-order valence-electron chi connectivity index (χ2n) is 4.17. The molecule has 2 aromatic rings. The molecular formula is C12H10ClNO3. The maximum Gasteiger partial charge on any atom is 0.352 e. The summed E-state index contributed by atoms with van der Waals surface area (Å²) in [5, 5.41) is 10.2. The van der Waals surface area contributed by atoms with Gasteiger partial charge in [0, 0.05) is 10.4 Å². The Balaban J connectivity index is 2.14. The van der Waals surface area contributed by atoms with E-state index in [0.717, 1.165) is 18.2 Å². The first-order chi connectivity index (χ1) is 8.13. The smallest absolute Gasteiger partial charge is 0.352 e. The van der Waals surface area contributed by atoms with E-state index < -0.39 is 5.97 Å². The quantitative estimate of drug-likeness (QED) is 0.881. The third kappa shape index (κ3) is 1.96. The van der Waals surface area contributed by atoms with Crippen LogP contribution in [-0.4, -0.2) is 22.2 Å². The minimum absolute atomic E-state index is 0.142. The summed E-state index contributed by atoms with van der Waals surface area (Å²) in [5.74, 6) is -0.339. The molecule has 0 atom stereocenters. The van der Waals surface area contributed by atoms with Gasteiger partial charge in [-0.1, -0.05) is 11.6 Å². The van der Waals surface area contributed by atoms with Crippen molar-refractivity contribution in [3.05, 3.63) is 28.9 Å². The molecule has 88 valence electrons. The second kappa shape index (κ2) is 3.67. The Labute approximate surface area is 102 Å². The molecule has 1 saturated carbocycles. The highest BCUT2D eigenvalue weighted by atomic mass is 35.5. The van der Waals surface area contributed by atoms with E-state index in [4.69, 9.17) is 21.4 Å². The zero-order valence-corrected chi connectivity index (χ0v) is 9.62. The van der Waals surface area contributed by atoms with E-state index in [9.17, 15) is 4.79 Å². The van der Waals surface area contributed by atoms with E-state index >= 15 is 0 Å². The molecule has 0 aliphatic heterocycles. The number of hydrogen-bond acceptors (Lipinski definition) is 2. The Hall–Kier alpha value is -1.68. The van der Waals surface area contributed by atoms with Gasteiger partial charge in [0.05, 0.1) is 11.6 Å². The minimum Gasteiger partial charge on any atom is -0.490 e. The number of ether oxygens (including phenoxy) is 1. The number of carboxylic acids is 1. The number of rotatable bonds is 3. The van der Waals surface area contributed by atoms with E-state index in [1.807, 2.05) is 0 Å². The van der Waals surface area contributed by atoms with Crippen LogP contribution in [0.2, 0.25) is 5.02 Å². The van der Waals surface area contributed by atoms with Crippen LogP contribution in [0, 0.1) is 0 Å². The van der Waals surface area contributed by atoms with Gasteiger partial charge in [-0.05, 0) is 31.0 Å². The molecule has 1 aliphatic carbocycles. The molecule has 1 fully saturated rings. The standard InChI is InChI=1S/C12H10ClNO3/c13-6-3-9-8(5-10(14-9)12(15)16)11(4-6)17-7-1-2-7/h3-5,7,14H,1-2H2,(H,15,16). The molecular weight excluding hydrogens is 242 g/mol. The van der Waals surface area contributed by atoms with E-state index in [2.05, 4.69) is 4.98 Å². The third-order valence-corrected chi connectivity index (χ3v) is 2.93. The Morgan fingerprint density at radius 3 is 2.82 bits per heavy atom. The number of benzene rings is 1. The first-order valence-corrected chi connectivity index (χ1v) is 5.73. The molecule has 4 nitrogen and oxygen atoms in total. The molecule has 1 aromatic heterocycles. The van der Waals surface area contributed by atoms with Crippen LogP contribution in [0.3, 0.4) is 0 Å². The predicted molar refractivity (Wildman–Crippen MR) is 63.9 cm³/mol. The van der Waals surface area contributed by atoms with E-state index in [-0.39, 0.29) is 11.8 Å². The summed E-state index contributed by atoms with van der Waals surface area (Å²) in [7, 11) is 0. The van der Waals surface area contributed by atoms with Gasteiger partial charge < -0.3 is 14.8 Å². The van der Waals surface area contributed by atoms with Gasteiger partial charge in [0.25, 0.3) is 0 Å². The number of nitrogens with one attached hydrogen (secondary N) is 1. The van der Waals surface area contributed by atoms with Crippen molar-refractivity contribution < 1.29 is 14.6 Å². The normalized spacial score (nSPS) is 15.1. The second-order valence-corrected chi connectivity index (χ2v) is 4.61. The summed E-state index contributed by atoms with van der Waals surface area (Å²) in [4.78, 5) is 13.7. The highest BCUT2D eigenvalue weighted by molar-refractivity contribution is 6.31. The number of halogens is 1. The SMILES string of the molecule is O=C(O)c1cc2c(OC3CC3)cc(Cl)cc2[nH]1. The van der Waals surface area contributed by atoms with E-state index in [1.165, 1.54) is 0 Å². The van der Waals surface area contributed by atoms with Crippen LogP contribution in [-0.2, 0) is 0 Å². The Morgan fingerprint density at radius 1 is 1.41 bits per heavy atom. The molecule has 17 heavy (non-hydrogen) atoms. The van der Waals surface area contributed by atoms with Crippen LogP contribution in [0.4, 0.5) is 0 Å². The van der Waals surface area contributed by atoms with Crippen molar-refractivity contribution in [1.29, 1.82) is 0 Å². The monoisotopic (exact) mass is 251 g/mol. The van der Waals surface area contributed by atoms with Crippen molar-refractivity contribution in [2.45, 2.75) is 18.9 Å². The fraction of sp³-hybridized carbons (Fsp3) is 0.250. The number of H-pyrrole nitrogens is 1. The average Bonchev–Trinajstić information content (AvgIpc) is 2.94. The molecule has 0 saturated heterocycles. The number of carbonyl (C=O) groups is 1. The number of fused-ring (bicyclic) bond motifs is 1. The molecule has 0 spiro atoms. The fourth-order valence-electron chi connectivity index (χ4n) is 1.75. The van der Waals surface area contributed by atoms with Crippen molar-refractivity contribution >= 4 is 28.5 Å². The molecule has 0 unspecified atom stereocenters. The summed E-state index contributed by atoms with van der Waals surface area (Å²) >= 11 is 5.97. The van der Waals surface area contributed by atoms with Crippen molar-refractivity contribution in [3.8, 4) is 5.75 Å². The van der Waals surface area contributed by atoms with Crippen LogP contribution in [0.5, 0.6) is 5.75 Å². The van der Waals surface area contributed by atoms with Crippen LogP contribution in [0.1, 0.15) is 23.3 Å². The topological polar surface area (TPSA) is 62.3 Å². The maximum absolute atomic E-state index is 10.9. The first kappa shape index (κ1) is 10.5. The third-order valence-electron chi connectivity index (χ3n) is 2.71. The molecule has 3 rings (SSSR count). The Kier molecular flexibility index (Phi) is 2.26. The zero-order chi connectivity index (χ0) is 12.0. The van der Waals surface area contributed by atoms with Crippen LogP contribution in [0.25, 0.3) is 10.9 Å². The lowest BCUT2D eigenvalue weighted by Crippen LogP contribution is -1.96. The van der Waals surface area contributed by atoms with Crippen LogP contribution in [0.15, 0.2) is 18.2 Å². The summed E-state index contributed by atoms with van der Waals surface area (Å²) in [6.07, 6.45) is 2.34. The molecule has 1 aliphatic rings. The van der Waals surface area contributed by atoms with Gasteiger partial charge >= 0.3 is 5.97 Å². The molecule has 2 N–H and O–H groups in total. The minimum atomic E-state index is -0.991. The van der Waals surface area contributed by atoms with E-state index in [0.29, 0.717) is 16.3 Å². The first-order valence-electron chi connectivity index (χ1n) is 5.36. The van der Waals surface area contributed by atoms with Gasteiger partial charge in [0.15, 0.2) is 0 Å². The van der Waals surface area contributed by atoms with Gasteiger partial charge in [-0.15, -0.1) is 0 Å². The summed E-state index contributed by atoms with van der Waals surface area (Å²) in [6, 6.07) is 5.00. The van der Waals surface area contributed by atoms with Crippen LogP contribution < -0.4 is 4.74 Å². The van der Waals surface area contributed by atoms with Gasteiger partial charge in [-0.25, -0.2) is 4.79 Å². The molecule has 0 bridgehead atoms.